The van der Waals surface area contributed by atoms with Crippen molar-refractivity contribution in [3.05, 3.63) is 83.4 Å². The van der Waals surface area contributed by atoms with E-state index in [2.05, 4.69) is 6.92 Å². The standard InChI is InChI=1S/C31H30O10/c1-4-5-6-7-18-37-31(36)27-19-26(40-29(34)22-8-12-24(13-9-22)38-20(2)32)16-17-28(27)41-30(35)23-10-14-25(15-11-23)39-21(3)33/h8-17,19H,4-7,18H2,1-3H3. The molecule has 0 amide bonds. The first-order valence-corrected chi connectivity index (χ1v) is 13.0. The fourth-order valence-electron chi connectivity index (χ4n) is 3.57. The molecule has 10 heteroatoms. The first-order valence-electron chi connectivity index (χ1n) is 13.0. The summed E-state index contributed by atoms with van der Waals surface area (Å²) in [4.78, 5) is 60.6. The SMILES string of the molecule is CCCCCCOC(=O)c1cc(OC(=O)c2ccc(OC(C)=O)cc2)ccc1OC(=O)c1ccc(OC(C)=O)cc1. The second-order valence-electron chi connectivity index (χ2n) is 8.87. The normalized spacial score (nSPS) is 10.3. The Bertz CT molecular complexity index is 1390. The van der Waals surface area contributed by atoms with Crippen LogP contribution in [0.5, 0.6) is 23.0 Å². The molecule has 0 aliphatic carbocycles. The van der Waals surface area contributed by atoms with Crippen LogP contribution < -0.4 is 18.9 Å². The van der Waals surface area contributed by atoms with Crippen molar-refractivity contribution in [2.75, 3.05) is 6.61 Å². The number of carbonyl (C=O) groups excluding carboxylic acids is 5. The first-order chi connectivity index (χ1) is 19.7. The van der Waals surface area contributed by atoms with Crippen LogP contribution in [0.3, 0.4) is 0 Å². The molecule has 0 fully saturated rings. The molecule has 0 radical (unpaired) electrons. The highest BCUT2D eigenvalue weighted by atomic mass is 16.6. The van der Waals surface area contributed by atoms with E-state index in [-0.39, 0.29) is 46.3 Å². The van der Waals surface area contributed by atoms with Crippen LogP contribution in [0.1, 0.15) is 77.5 Å². The third kappa shape index (κ3) is 9.61. The molecule has 10 nitrogen and oxygen atoms in total. The van der Waals surface area contributed by atoms with Gasteiger partial charge in [0, 0.05) is 13.8 Å². The van der Waals surface area contributed by atoms with Crippen molar-refractivity contribution in [3.8, 4) is 23.0 Å². The average Bonchev–Trinajstić information content (AvgIpc) is 2.93. The fourth-order valence-corrected chi connectivity index (χ4v) is 3.57. The minimum atomic E-state index is -0.769. The second kappa shape index (κ2) is 15.0. The number of unbranched alkanes of at least 4 members (excludes halogenated alkanes) is 3. The van der Waals surface area contributed by atoms with E-state index >= 15 is 0 Å². The molecule has 41 heavy (non-hydrogen) atoms. The number of hydrogen-bond donors (Lipinski definition) is 0. The van der Waals surface area contributed by atoms with Gasteiger partial charge in [-0.3, -0.25) is 9.59 Å². The van der Waals surface area contributed by atoms with Crippen LogP contribution in [0.15, 0.2) is 66.7 Å². The highest BCUT2D eigenvalue weighted by molar-refractivity contribution is 5.97. The van der Waals surface area contributed by atoms with Crippen LogP contribution in [-0.4, -0.2) is 36.5 Å². The Hall–Kier alpha value is -4.99. The number of benzene rings is 3. The van der Waals surface area contributed by atoms with Crippen LogP contribution >= 0.6 is 0 Å². The summed E-state index contributed by atoms with van der Waals surface area (Å²) in [7, 11) is 0. The lowest BCUT2D eigenvalue weighted by atomic mass is 10.1. The largest absolute Gasteiger partial charge is 0.462 e. The Morgan fingerprint density at radius 2 is 1.07 bits per heavy atom. The van der Waals surface area contributed by atoms with Crippen molar-refractivity contribution in [1.82, 2.24) is 0 Å². The Labute approximate surface area is 237 Å². The molecule has 0 saturated carbocycles. The Balaban J connectivity index is 1.78. The molecule has 214 valence electrons. The molecule has 0 aliphatic heterocycles. The molecule has 0 saturated heterocycles. The lowest BCUT2D eigenvalue weighted by Gasteiger charge is -2.13. The zero-order valence-corrected chi connectivity index (χ0v) is 23.0. The summed E-state index contributed by atoms with van der Waals surface area (Å²) in [6.07, 6.45) is 3.59. The maximum Gasteiger partial charge on any atom is 0.343 e. The topological polar surface area (TPSA) is 132 Å². The van der Waals surface area contributed by atoms with E-state index in [0.29, 0.717) is 6.42 Å². The Kier molecular flexibility index (Phi) is 11.2. The molecule has 0 heterocycles. The smallest absolute Gasteiger partial charge is 0.343 e. The van der Waals surface area contributed by atoms with Gasteiger partial charge in [-0.05, 0) is 73.2 Å². The van der Waals surface area contributed by atoms with Crippen LogP contribution in [-0.2, 0) is 14.3 Å². The highest BCUT2D eigenvalue weighted by Crippen LogP contribution is 2.27. The van der Waals surface area contributed by atoms with Gasteiger partial charge in [-0.25, -0.2) is 14.4 Å². The van der Waals surface area contributed by atoms with Crippen LogP contribution in [0.4, 0.5) is 0 Å². The highest BCUT2D eigenvalue weighted by Gasteiger charge is 2.21. The maximum atomic E-state index is 13.0. The van der Waals surface area contributed by atoms with Gasteiger partial charge in [0.15, 0.2) is 0 Å². The molecule has 3 aromatic carbocycles. The molecule has 0 atom stereocenters. The van der Waals surface area contributed by atoms with E-state index in [9.17, 15) is 24.0 Å². The summed E-state index contributed by atoms with van der Waals surface area (Å²) in [6.45, 7) is 4.76. The third-order valence-electron chi connectivity index (χ3n) is 5.52. The molecule has 3 rings (SSSR count). The van der Waals surface area contributed by atoms with Gasteiger partial charge in [0.1, 0.15) is 28.6 Å². The van der Waals surface area contributed by atoms with E-state index in [1.807, 2.05) is 0 Å². The fraction of sp³-hybridized carbons (Fsp3) is 0.258. The van der Waals surface area contributed by atoms with Crippen molar-refractivity contribution in [3.63, 3.8) is 0 Å². The van der Waals surface area contributed by atoms with Crippen molar-refractivity contribution < 1.29 is 47.7 Å². The van der Waals surface area contributed by atoms with Gasteiger partial charge in [-0.1, -0.05) is 26.2 Å². The predicted molar refractivity (Wildman–Crippen MR) is 146 cm³/mol. The monoisotopic (exact) mass is 562 g/mol. The molecule has 0 aliphatic rings. The van der Waals surface area contributed by atoms with Gasteiger partial charge in [0.05, 0.1) is 17.7 Å². The summed E-state index contributed by atoms with van der Waals surface area (Å²) in [5.41, 5.74) is 0.210. The van der Waals surface area contributed by atoms with Gasteiger partial charge in [-0.15, -0.1) is 0 Å². The van der Waals surface area contributed by atoms with E-state index < -0.39 is 29.8 Å². The van der Waals surface area contributed by atoms with Crippen molar-refractivity contribution >= 4 is 29.8 Å². The van der Waals surface area contributed by atoms with Crippen LogP contribution in [0.25, 0.3) is 0 Å². The van der Waals surface area contributed by atoms with Gasteiger partial charge >= 0.3 is 29.8 Å². The summed E-state index contributed by atoms with van der Waals surface area (Å²) in [5, 5.41) is 0. The quantitative estimate of drug-likeness (QED) is 0.154. The predicted octanol–water partition coefficient (Wildman–Crippen LogP) is 5.71. The molecule has 0 bridgehead atoms. The van der Waals surface area contributed by atoms with E-state index in [4.69, 9.17) is 23.7 Å². The van der Waals surface area contributed by atoms with Crippen LogP contribution in [0, 0.1) is 0 Å². The minimum absolute atomic E-state index is 0.0162. The molecule has 0 N–H and O–H groups in total. The minimum Gasteiger partial charge on any atom is -0.462 e. The number of carbonyl (C=O) groups is 5. The summed E-state index contributed by atoms with van der Waals surface area (Å²) < 4.78 is 26.2. The molecular formula is C31H30O10. The molecular weight excluding hydrogens is 532 g/mol. The van der Waals surface area contributed by atoms with Crippen LogP contribution in [0.2, 0.25) is 0 Å². The molecule has 3 aromatic rings. The number of esters is 5. The Morgan fingerprint density at radius 1 is 0.561 bits per heavy atom. The summed E-state index contributed by atoms with van der Waals surface area (Å²) >= 11 is 0. The maximum absolute atomic E-state index is 13.0. The summed E-state index contributed by atoms with van der Waals surface area (Å²) in [5.74, 6) is -2.80. The lowest BCUT2D eigenvalue weighted by molar-refractivity contribution is -0.132. The zero-order chi connectivity index (χ0) is 29.8. The van der Waals surface area contributed by atoms with Crippen molar-refractivity contribution in [2.24, 2.45) is 0 Å². The van der Waals surface area contributed by atoms with Gasteiger partial charge in [-0.2, -0.15) is 0 Å². The van der Waals surface area contributed by atoms with Crippen molar-refractivity contribution in [2.45, 2.75) is 46.5 Å². The van der Waals surface area contributed by atoms with Gasteiger partial charge < -0.3 is 23.7 Å². The third-order valence-corrected chi connectivity index (χ3v) is 5.52. The van der Waals surface area contributed by atoms with Crippen molar-refractivity contribution in [1.29, 1.82) is 0 Å². The van der Waals surface area contributed by atoms with E-state index in [1.165, 1.54) is 80.6 Å². The summed E-state index contributed by atoms with van der Waals surface area (Å²) in [6, 6.07) is 15.4. The van der Waals surface area contributed by atoms with Gasteiger partial charge in [0.25, 0.3) is 0 Å². The molecule has 0 spiro atoms. The second-order valence-corrected chi connectivity index (χ2v) is 8.87. The molecule has 0 unspecified atom stereocenters. The Morgan fingerprint density at radius 3 is 1.59 bits per heavy atom. The lowest BCUT2D eigenvalue weighted by Crippen LogP contribution is -2.15. The van der Waals surface area contributed by atoms with Gasteiger partial charge in [0.2, 0.25) is 0 Å². The number of hydrogen-bond acceptors (Lipinski definition) is 10. The zero-order valence-electron chi connectivity index (χ0n) is 23.0. The van der Waals surface area contributed by atoms with E-state index in [0.717, 1.165) is 19.3 Å². The first kappa shape index (κ1) is 30.6. The number of ether oxygens (including phenoxy) is 5. The number of rotatable bonds is 12. The average molecular weight is 563 g/mol. The van der Waals surface area contributed by atoms with E-state index in [1.54, 1.807) is 0 Å². The molecule has 0 aromatic heterocycles.